The van der Waals surface area contributed by atoms with Crippen LogP contribution < -0.4 is 14.4 Å². The molecule has 1 atom stereocenters. The first kappa shape index (κ1) is 31.1. The molecule has 1 aliphatic rings. The molecule has 0 unspecified atom stereocenters. The summed E-state index contributed by atoms with van der Waals surface area (Å²) in [6, 6.07) is 22.2. The van der Waals surface area contributed by atoms with Crippen LogP contribution in [0.5, 0.6) is 5.75 Å². The molecule has 9 heteroatoms. The fourth-order valence-corrected chi connectivity index (χ4v) is 6.68. The molecule has 0 bridgehead atoms. The Morgan fingerprint density at radius 2 is 1.64 bits per heavy atom. The number of rotatable bonds is 12. The zero-order chi connectivity index (χ0) is 30.1. The van der Waals surface area contributed by atoms with E-state index in [1.165, 1.54) is 30.6 Å². The molecule has 0 heterocycles. The number of methoxy groups -OCH3 is 1. The quantitative estimate of drug-likeness (QED) is 0.316. The molecule has 224 valence electrons. The van der Waals surface area contributed by atoms with E-state index in [9.17, 15) is 18.0 Å². The van der Waals surface area contributed by atoms with Crippen LogP contribution in [-0.4, -0.2) is 57.4 Å². The third-order valence-electron chi connectivity index (χ3n) is 7.83. The molecule has 4 rings (SSSR count). The van der Waals surface area contributed by atoms with Crippen molar-refractivity contribution in [2.24, 2.45) is 0 Å². The van der Waals surface area contributed by atoms with E-state index in [-0.39, 0.29) is 23.4 Å². The maximum Gasteiger partial charge on any atom is 0.264 e. The summed E-state index contributed by atoms with van der Waals surface area (Å²) >= 11 is 0. The highest BCUT2D eigenvalue weighted by Crippen LogP contribution is 2.28. The molecular weight excluding hydrogens is 550 g/mol. The van der Waals surface area contributed by atoms with E-state index in [0.29, 0.717) is 17.9 Å². The van der Waals surface area contributed by atoms with Crippen LogP contribution >= 0.6 is 0 Å². The van der Waals surface area contributed by atoms with Crippen molar-refractivity contribution in [3.05, 3.63) is 90.0 Å². The lowest BCUT2D eigenvalue weighted by molar-refractivity contribution is -0.139. The van der Waals surface area contributed by atoms with Gasteiger partial charge in [0.25, 0.3) is 10.0 Å². The fourth-order valence-electron chi connectivity index (χ4n) is 5.27. The van der Waals surface area contributed by atoms with Gasteiger partial charge in [-0.3, -0.25) is 13.9 Å². The van der Waals surface area contributed by atoms with Crippen molar-refractivity contribution in [2.75, 3.05) is 24.5 Å². The molecular formula is C33H41N3O5S. The first-order valence-electron chi connectivity index (χ1n) is 14.6. The number of amides is 2. The highest BCUT2D eigenvalue weighted by Gasteiger charge is 2.33. The van der Waals surface area contributed by atoms with Crippen LogP contribution in [0.4, 0.5) is 5.69 Å². The van der Waals surface area contributed by atoms with E-state index in [1.54, 1.807) is 43.3 Å². The summed E-state index contributed by atoms with van der Waals surface area (Å²) in [4.78, 5) is 29.1. The summed E-state index contributed by atoms with van der Waals surface area (Å²) in [7, 11) is -2.63. The first-order valence-corrected chi connectivity index (χ1v) is 16.0. The molecule has 1 aliphatic carbocycles. The Bertz CT molecular complexity index is 1440. The second kappa shape index (κ2) is 14.4. The largest absolute Gasteiger partial charge is 0.497 e. The number of benzene rings is 3. The van der Waals surface area contributed by atoms with Crippen LogP contribution in [0.2, 0.25) is 0 Å². The zero-order valence-electron chi connectivity index (χ0n) is 24.7. The van der Waals surface area contributed by atoms with E-state index in [1.807, 2.05) is 37.3 Å². The summed E-state index contributed by atoms with van der Waals surface area (Å²) in [5.74, 6) is -0.224. The van der Waals surface area contributed by atoms with Crippen LogP contribution in [0.25, 0.3) is 0 Å². The van der Waals surface area contributed by atoms with E-state index in [4.69, 9.17) is 4.74 Å². The summed E-state index contributed by atoms with van der Waals surface area (Å²) in [5.41, 5.74) is 2.24. The highest BCUT2D eigenvalue weighted by molar-refractivity contribution is 7.92. The van der Waals surface area contributed by atoms with Gasteiger partial charge in [-0.1, -0.05) is 73.4 Å². The molecule has 42 heavy (non-hydrogen) atoms. The van der Waals surface area contributed by atoms with Gasteiger partial charge in [0, 0.05) is 18.7 Å². The SMILES string of the molecule is COc1cccc(N(CC(=O)N(CCc2ccccc2)[C@@H](C)C(=O)NC2CCCCC2)S(=O)(=O)c2ccc(C)cc2)c1. The number of carbonyl (C=O) groups excluding carboxylic acids is 2. The zero-order valence-corrected chi connectivity index (χ0v) is 25.5. The van der Waals surface area contributed by atoms with Gasteiger partial charge < -0.3 is 15.0 Å². The van der Waals surface area contributed by atoms with Gasteiger partial charge in [-0.15, -0.1) is 0 Å². The van der Waals surface area contributed by atoms with Gasteiger partial charge in [0.1, 0.15) is 18.3 Å². The van der Waals surface area contributed by atoms with Crippen LogP contribution in [0.1, 0.15) is 50.2 Å². The number of nitrogens with zero attached hydrogens (tertiary/aromatic N) is 2. The minimum Gasteiger partial charge on any atom is -0.497 e. The van der Waals surface area contributed by atoms with Gasteiger partial charge in [0.2, 0.25) is 11.8 Å². The Labute approximate surface area is 249 Å². The van der Waals surface area contributed by atoms with E-state index in [2.05, 4.69) is 5.32 Å². The molecule has 1 fully saturated rings. The average Bonchev–Trinajstić information content (AvgIpc) is 3.01. The maximum atomic E-state index is 14.1. The summed E-state index contributed by atoms with van der Waals surface area (Å²) in [6.45, 7) is 3.38. The van der Waals surface area contributed by atoms with Gasteiger partial charge in [-0.2, -0.15) is 0 Å². The Balaban J connectivity index is 1.65. The van der Waals surface area contributed by atoms with E-state index >= 15 is 0 Å². The third kappa shape index (κ3) is 7.91. The van der Waals surface area contributed by atoms with Gasteiger partial charge in [0.15, 0.2) is 0 Å². The average molecular weight is 592 g/mol. The number of hydrogen-bond acceptors (Lipinski definition) is 5. The second-order valence-corrected chi connectivity index (χ2v) is 12.7. The van der Waals surface area contributed by atoms with Gasteiger partial charge in [-0.05, 0) is 62.9 Å². The molecule has 3 aromatic carbocycles. The molecule has 2 amide bonds. The topological polar surface area (TPSA) is 96.0 Å². The van der Waals surface area contributed by atoms with Crippen molar-refractivity contribution in [2.45, 2.75) is 69.4 Å². The minimum absolute atomic E-state index is 0.0719. The smallest absolute Gasteiger partial charge is 0.264 e. The molecule has 0 aliphatic heterocycles. The van der Waals surface area contributed by atoms with Crippen LogP contribution in [0.15, 0.2) is 83.8 Å². The van der Waals surface area contributed by atoms with Crippen molar-refractivity contribution < 1.29 is 22.7 Å². The van der Waals surface area contributed by atoms with Crippen molar-refractivity contribution in [1.82, 2.24) is 10.2 Å². The number of sulfonamides is 1. The van der Waals surface area contributed by atoms with Crippen molar-refractivity contribution in [1.29, 1.82) is 0 Å². The normalized spacial score (nSPS) is 14.5. The number of carbonyl (C=O) groups is 2. The number of nitrogens with one attached hydrogen (secondary N) is 1. The number of anilines is 1. The molecule has 1 saturated carbocycles. The predicted octanol–water partition coefficient (Wildman–Crippen LogP) is 5.11. The van der Waals surface area contributed by atoms with Crippen LogP contribution in [-0.2, 0) is 26.0 Å². The Kier molecular flexibility index (Phi) is 10.6. The molecule has 1 N–H and O–H groups in total. The molecule has 8 nitrogen and oxygen atoms in total. The predicted molar refractivity (Wildman–Crippen MR) is 165 cm³/mol. The third-order valence-corrected chi connectivity index (χ3v) is 9.62. The van der Waals surface area contributed by atoms with Gasteiger partial charge in [-0.25, -0.2) is 8.42 Å². The minimum atomic E-state index is -4.13. The number of aryl methyl sites for hydroxylation is 1. The van der Waals surface area contributed by atoms with E-state index in [0.717, 1.165) is 41.1 Å². The fraction of sp³-hybridized carbons (Fsp3) is 0.394. The van der Waals surface area contributed by atoms with Gasteiger partial charge >= 0.3 is 0 Å². The Morgan fingerprint density at radius 3 is 2.31 bits per heavy atom. The van der Waals surface area contributed by atoms with Crippen LogP contribution in [0.3, 0.4) is 0 Å². The van der Waals surface area contributed by atoms with Crippen LogP contribution in [0, 0.1) is 6.92 Å². The molecule has 0 spiro atoms. The Hall–Kier alpha value is -3.85. The lowest BCUT2D eigenvalue weighted by Gasteiger charge is -2.33. The first-order chi connectivity index (χ1) is 20.2. The monoisotopic (exact) mass is 591 g/mol. The summed E-state index contributed by atoms with van der Waals surface area (Å²) < 4.78 is 34.4. The molecule has 0 radical (unpaired) electrons. The van der Waals surface area contributed by atoms with Crippen molar-refractivity contribution >= 4 is 27.5 Å². The summed E-state index contributed by atoms with van der Waals surface area (Å²) in [6.07, 6.45) is 5.69. The van der Waals surface area contributed by atoms with Gasteiger partial charge in [0.05, 0.1) is 17.7 Å². The maximum absolute atomic E-state index is 14.1. The second-order valence-electron chi connectivity index (χ2n) is 10.9. The lowest BCUT2D eigenvalue weighted by Crippen LogP contribution is -2.53. The summed E-state index contributed by atoms with van der Waals surface area (Å²) in [5, 5.41) is 3.13. The van der Waals surface area contributed by atoms with Crippen molar-refractivity contribution in [3.63, 3.8) is 0 Å². The Morgan fingerprint density at radius 1 is 0.952 bits per heavy atom. The number of hydrogen-bond donors (Lipinski definition) is 1. The number of ether oxygens (including phenoxy) is 1. The molecule has 0 aromatic heterocycles. The van der Waals surface area contributed by atoms with Crippen molar-refractivity contribution in [3.8, 4) is 5.75 Å². The molecule has 3 aromatic rings. The highest BCUT2D eigenvalue weighted by atomic mass is 32.2. The van der Waals surface area contributed by atoms with E-state index < -0.39 is 28.5 Å². The standard InChI is InChI=1S/C33H41N3O5S/c1-25-17-19-31(20-18-25)42(39,40)36(29-15-10-16-30(23-29)41-3)24-32(37)35(22-21-27-11-6-4-7-12-27)26(2)33(38)34-28-13-8-5-9-14-28/h4,6-7,10-12,15-20,23,26,28H,5,8-9,13-14,21-22,24H2,1-3H3,(H,34,38)/t26-/m0/s1. The molecule has 0 saturated heterocycles. The lowest BCUT2D eigenvalue weighted by atomic mass is 9.95.